The molecule has 10 N–H and O–H groups in total. The van der Waals surface area contributed by atoms with Crippen LogP contribution in [0, 0.1) is 50.7 Å². The maximum absolute atomic E-state index is 16.3. The highest BCUT2D eigenvalue weighted by atomic mass is 28.4. The maximum Gasteiger partial charge on any atom is 0.317 e. The summed E-state index contributed by atoms with van der Waals surface area (Å²) in [6.45, 7) is 20.4. The first kappa shape index (κ1) is 72.6. The molecule has 8 rings (SSSR count). The van der Waals surface area contributed by atoms with Crippen LogP contribution < -0.4 is 5.32 Å². The summed E-state index contributed by atoms with van der Waals surface area (Å²) in [6, 6.07) is 1.84. The van der Waals surface area contributed by atoms with Gasteiger partial charge < -0.3 is 88.9 Å². The van der Waals surface area contributed by atoms with Crippen molar-refractivity contribution >= 4 is 32.4 Å². The Kier molecular flexibility index (Phi) is 24.0. The molecule has 22 heteroatoms. The second-order valence-electron chi connectivity index (χ2n) is 30.4. The molecule has 0 bridgehead atoms. The van der Waals surface area contributed by atoms with Gasteiger partial charge in [-0.25, -0.2) is 0 Å². The number of carboxylic acids is 1. The third kappa shape index (κ3) is 14.2. The molecule has 0 aromatic carbocycles. The zero-order valence-electron chi connectivity index (χ0n) is 55.2. The Bertz CT molecular complexity index is 2360. The lowest BCUT2D eigenvalue weighted by Gasteiger charge is -2.65. The van der Waals surface area contributed by atoms with Crippen LogP contribution in [-0.2, 0) is 52.0 Å². The van der Waals surface area contributed by atoms with Crippen molar-refractivity contribution in [2.75, 3.05) is 13.2 Å². The van der Waals surface area contributed by atoms with Gasteiger partial charge in [0.1, 0.15) is 61.2 Å². The number of aldehydes is 1. The molecule has 512 valence electrons. The van der Waals surface area contributed by atoms with Crippen molar-refractivity contribution in [2.24, 2.45) is 50.7 Å². The van der Waals surface area contributed by atoms with Crippen molar-refractivity contribution in [3.05, 3.63) is 0 Å². The molecule has 1 amide bonds. The number of esters is 1. The minimum Gasteiger partial charge on any atom is -0.481 e. The van der Waals surface area contributed by atoms with Gasteiger partial charge in [-0.15, -0.1) is 0 Å². The summed E-state index contributed by atoms with van der Waals surface area (Å²) in [4.78, 5) is 54.3. The van der Waals surface area contributed by atoms with E-state index in [0.29, 0.717) is 25.7 Å². The summed E-state index contributed by atoms with van der Waals surface area (Å²) in [5.41, 5.74) is -2.99. The molecule has 21 nitrogen and oxygen atoms in total. The van der Waals surface area contributed by atoms with Crippen LogP contribution in [0.3, 0.4) is 0 Å². The number of aliphatic carboxylic acids is 1. The second kappa shape index (κ2) is 29.4. The van der Waals surface area contributed by atoms with Crippen LogP contribution in [0.4, 0.5) is 0 Å². The highest BCUT2D eigenvalue weighted by molar-refractivity contribution is 6.73. The lowest BCUT2D eigenvalue weighted by Crippen LogP contribution is -2.84. The summed E-state index contributed by atoms with van der Waals surface area (Å²) in [7, 11) is -2.04. The largest absolute Gasteiger partial charge is 0.481 e. The van der Waals surface area contributed by atoms with Gasteiger partial charge in [-0.05, 0) is 142 Å². The number of nitrogens with one attached hydrogen (secondary N) is 1. The molecule has 0 aromatic rings. The van der Waals surface area contributed by atoms with Gasteiger partial charge in [-0.3, -0.25) is 14.4 Å². The summed E-state index contributed by atoms with van der Waals surface area (Å²) in [5, 5.41) is 104. The number of ether oxygens (including phenoxy) is 6. The van der Waals surface area contributed by atoms with E-state index in [-0.39, 0.29) is 60.4 Å². The number of hydrogen-bond donors (Lipinski definition) is 10. The quantitative estimate of drug-likeness (QED) is 0.0168. The summed E-state index contributed by atoms with van der Waals surface area (Å²) >= 11 is 0. The van der Waals surface area contributed by atoms with E-state index in [1.165, 1.54) is 13.2 Å². The number of aliphatic hydroxyl groups is 8. The third-order valence-electron chi connectivity index (χ3n) is 24.8. The van der Waals surface area contributed by atoms with Crippen LogP contribution in [0.5, 0.6) is 0 Å². The molecule has 4 saturated carbocycles. The molecule has 8 fully saturated rings. The minimum atomic E-state index is -2.46. The highest BCUT2D eigenvalue weighted by Crippen LogP contribution is 2.67. The van der Waals surface area contributed by atoms with E-state index >= 15 is 4.79 Å². The fourth-order valence-electron chi connectivity index (χ4n) is 18.6. The number of carbonyl (C=O) groups excluding carboxylic acids is 3. The molecule has 0 radical (unpaired) electrons. The molecule has 4 aliphatic carbocycles. The molecule has 4 heterocycles. The number of fused-ring (bicyclic) bond motifs is 3. The monoisotopic (exact) mass is 1280 g/mol. The van der Waals surface area contributed by atoms with Crippen LogP contribution >= 0.6 is 0 Å². The Morgan fingerprint density at radius 1 is 0.730 bits per heavy atom. The van der Waals surface area contributed by atoms with Gasteiger partial charge in [-0.1, -0.05) is 114 Å². The van der Waals surface area contributed by atoms with Crippen LogP contribution in [0.2, 0.25) is 18.1 Å². The van der Waals surface area contributed by atoms with Crippen molar-refractivity contribution in [3.8, 4) is 0 Å². The first-order valence-electron chi connectivity index (χ1n) is 34.6. The Hall–Kier alpha value is -2.26. The molecule has 11 unspecified atom stereocenters. The van der Waals surface area contributed by atoms with E-state index < -0.39 is 159 Å². The minimum absolute atomic E-state index is 0.0913. The Labute approximate surface area is 529 Å². The van der Waals surface area contributed by atoms with Crippen LogP contribution in [0.15, 0.2) is 0 Å². The number of rotatable bonds is 28. The standard InChI is InChI=1S/C67H115NO20Si/c1-11-63(8)35-46(72)66(33-32-62(6,7)34-42(66)41(63)29-28-40-24-23-25-45-64(40,9)31-30-47(65(45,10)38-70)88-89(12-2,13-3)14-4)61(81)87-67(58-54(79)53(78)56(39(5)83-58)85-60-55(80)51(76)43(71)37-82-60)59-57(86-67)52(77)50(44(36-69)84-59)68-48(73)26-21-19-17-15-16-18-20-22-27-49(74)75/h38-47,50-60,69,71-72,76-80H,11-37H2,1-10H3,(H,68,73)(H,74,75)/t39-,40?,41?,42?,43-,44-,45-,46+,47+,50+,51?,52?,53?,54?,55?,56+,57?,58-,59-,60+,63-,64?,65-,66-,67?/m1/s1. The van der Waals surface area contributed by atoms with Gasteiger partial charge in [0.05, 0.1) is 48.4 Å². The first-order valence-corrected chi connectivity index (χ1v) is 37.1. The Morgan fingerprint density at radius 3 is 2.00 bits per heavy atom. The van der Waals surface area contributed by atoms with Gasteiger partial charge in [0, 0.05) is 12.8 Å². The summed E-state index contributed by atoms with van der Waals surface area (Å²) in [5.74, 6) is -4.58. The predicted octanol–water partition coefficient (Wildman–Crippen LogP) is 6.75. The molecule has 0 spiro atoms. The molecular formula is C67H115NO20Si. The number of unbranched alkanes of at least 4 members (excludes halogenated alkanes) is 7. The fourth-order valence-corrected chi connectivity index (χ4v) is 21.6. The van der Waals surface area contributed by atoms with E-state index in [9.17, 15) is 55.2 Å². The van der Waals surface area contributed by atoms with Gasteiger partial charge in [0.15, 0.2) is 26.8 Å². The molecular weight excluding hydrogens is 1170 g/mol. The fraction of sp³-hybridized carbons (Fsp3) is 0.940. The zero-order chi connectivity index (χ0) is 65.2. The number of carboxylic acid groups (broad SMARTS) is 1. The van der Waals surface area contributed by atoms with Crippen molar-refractivity contribution < 1.29 is 98.0 Å². The van der Waals surface area contributed by atoms with Crippen molar-refractivity contribution in [1.82, 2.24) is 5.32 Å². The van der Waals surface area contributed by atoms with E-state index in [4.69, 9.17) is 38.0 Å². The summed E-state index contributed by atoms with van der Waals surface area (Å²) < 4.78 is 45.4. The second-order valence-corrected chi connectivity index (χ2v) is 35.1. The Morgan fingerprint density at radius 2 is 1.38 bits per heavy atom. The van der Waals surface area contributed by atoms with Gasteiger partial charge in [0.25, 0.3) is 5.79 Å². The van der Waals surface area contributed by atoms with Crippen LogP contribution in [-0.4, -0.2) is 195 Å². The highest BCUT2D eigenvalue weighted by Gasteiger charge is 2.75. The number of hydrogen-bond acceptors (Lipinski definition) is 19. The van der Waals surface area contributed by atoms with Gasteiger partial charge in [0.2, 0.25) is 5.91 Å². The first-order chi connectivity index (χ1) is 42.0. The van der Waals surface area contributed by atoms with Crippen LogP contribution in [0.25, 0.3) is 0 Å². The lowest BCUT2D eigenvalue weighted by atomic mass is 9.43. The SMILES string of the molecule is CC[C@]1(C)C[C@H](O)[C@@]2(C(=O)OC3([C@@H]4O[C@H](C)[C@H](O[C@@H]5OC[C@@H](O)C(O)C5O)C(O)C4O)OC4C(O)[C@@H](NC(=O)CCCCCCCCCCC(=O)O)[C@@H](CO)O[C@H]43)CCC(C)(C)CC2C1CCC1CCC[C@@H]2C1(C)CC[C@H](O[Si](CC)(CC)CC)[C@]2(C)C=O. The molecule has 4 aliphatic heterocycles. The van der Waals surface area contributed by atoms with Crippen molar-refractivity contribution in [2.45, 2.75) is 332 Å². The normalized spacial score (nSPS) is 44.6. The topological polar surface area (TPSA) is 327 Å². The van der Waals surface area contributed by atoms with Crippen molar-refractivity contribution in [3.63, 3.8) is 0 Å². The van der Waals surface area contributed by atoms with E-state index in [0.717, 1.165) is 108 Å². The summed E-state index contributed by atoms with van der Waals surface area (Å²) in [6.07, 6.45) is -4.96. The maximum atomic E-state index is 16.3. The molecule has 8 aliphatic rings. The molecule has 89 heavy (non-hydrogen) atoms. The number of aliphatic hydroxyl groups excluding tert-OH is 8. The van der Waals surface area contributed by atoms with E-state index in [1.807, 2.05) is 0 Å². The molecule has 4 saturated heterocycles. The smallest absolute Gasteiger partial charge is 0.317 e. The number of carbonyl (C=O) groups is 4. The van der Waals surface area contributed by atoms with Crippen LogP contribution in [0.1, 0.15) is 210 Å². The van der Waals surface area contributed by atoms with E-state index in [1.54, 1.807) is 0 Å². The predicted molar refractivity (Wildman–Crippen MR) is 330 cm³/mol. The number of amides is 1. The average molecular weight is 1280 g/mol. The van der Waals surface area contributed by atoms with E-state index in [2.05, 4.69) is 67.6 Å². The zero-order valence-corrected chi connectivity index (χ0v) is 56.2. The lowest BCUT2D eigenvalue weighted by molar-refractivity contribution is -0.472. The van der Waals surface area contributed by atoms with Gasteiger partial charge in [-0.2, -0.15) is 0 Å². The third-order valence-corrected chi connectivity index (χ3v) is 29.4. The average Bonchev–Trinajstić information content (AvgIpc) is 0.728. The molecule has 25 atom stereocenters. The Balaban J connectivity index is 1.07. The van der Waals surface area contributed by atoms with Gasteiger partial charge >= 0.3 is 11.9 Å². The molecule has 0 aromatic heterocycles. The van der Waals surface area contributed by atoms with Crippen molar-refractivity contribution in [1.29, 1.82) is 0 Å².